The third-order valence-electron chi connectivity index (χ3n) is 3.99. The van der Waals surface area contributed by atoms with E-state index < -0.39 is 0 Å². The van der Waals surface area contributed by atoms with Crippen molar-refractivity contribution in [3.63, 3.8) is 0 Å². The quantitative estimate of drug-likeness (QED) is 0.528. The van der Waals surface area contributed by atoms with E-state index in [9.17, 15) is 4.79 Å². The van der Waals surface area contributed by atoms with Crippen molar-refractivity contribution in [2.24, 2.45) is 0 Å². The zero-order valence-electron chi connectivity index (χ0n) is 14.6. The van der Waals surface area contributed by atoms with Gasteiger partial charge in [0.05, 0.1) is 7.11 Å². The number of anilines is 2. The molecule has 27 heavy (non-hydrogen) atoms. The summed E-state index contributed by atoms with van der Waals surface area (Å²) in [4.78, 5) is 16.6. The summed E-state index contributed by atoms with van der Waals surface area (Å²) in [5.41, 5.74) is 3.45. The van der Waals surface area contributed by atoms with E-state index >= 15 is 0 Å². The van der Waals surface area contributed by atoms with Gasteiger partial charge in [0.15, 0.2) is 5.58 Å². The van der Waals surface area contributed by atoms with Crippen molar-refractivity contribution < 1.29 is 13.9 Å². The van der Waals surface area contributed by atoms with Crippen LogP contribution in [0.25, 0.3) is 22.6 Å². The van der Waals surface area contributed by atoms with E-state index in [0.717, 1.165) is 17.0 Å². The maximum atomic E-state index is 12.1. The van der Waals surface area contributed by atoms with Gasteiger partial charge in [0, 0.05) is 23.0 Å². The Balaban J connectivity index is 1.54. The van der Waals surface area contributed by atoms with E-state index in [1.165, 1.54) is 0 Å². The number of rotatable bonds is 4. The van der Waals surface area contributed by atoms with Gasteiger partial charge in [-0.05, 0) is 42.5 Å². The first-order chi connectivity index (χ1) is 13.2. The number of urea groups is 1. The number of hydrogen-bond acceptors (Lipinski definition) is 4. The van der Waals surface area contributed by atoms with Gasteiger partial charge in [-0.1, -0.05) is 24.3 Å². The number of carbonyl (C=O) groups is 1. The number of ether oxygens (including phenoxy) is 1. The molecule has 4 rings (SSSR count). The zero-order chi connectivity index (χ0) is 18.6. The van der Waals surface area contributed by atoms with Crippen LogP contribution in [0, 0.1) is 0 Å². The lowest BCUT2D eigenvalue weighted by molar-refractivity contribution is 0.262. The van der Waals surface area contributed by atoms with Crippen molar-refractivity contribution in [1.29, 1.82) is 0 Å². The summed E-state index contributed by atoms with van der Waals surface area (Å²) in [6, 6.07) is 21.8. The highest BCUT2D eigenvalue weighted by Gasteiger charge is 2.11. The minimum Gasteiger partial charge on any atom is -0.497 e. The molecule has 1 aromatic heterocycles. The van der Waals surface area contributed by atoms with Gasteiger partial charge in [0.2, 0.25) is 5.89 Å². The summed E-state index contributed by atoms with van der Waals surface area (Å²) in [7, 11) is 1.61. The largest absolute Gasteiger partial charge is 0.497 e. The molecule has 0 saturated heterocycles. The standard InChI is InChI=1S/C21H17N3O3/c1-26-17-9-5-6-14(12-17)20-24-18-11-10-16(13-19(18)27-20)23-21(25)22-15-7-3-2-4-8-15/h2-13H,1H3,(H2,22,23,25). The van der Waals surface area contributed by atoms with E-state index in [1.54, 1.807) is 25.3 Å². The molecule has 0 aliphatic rings. The van der Waals surface area contributed by atoms with Crippen LogP contribution in [0.2, 0.25) is 0 Å². The highest BCUT2D eigenvalue weighted by molar-refractivity contribution is 6.00. The second kappa shape index (κ2) is 7.21. The fourth-order valence-electron chi connectivity index (χ4n) is 2.70. The first-order valence-corrected chi connectivity index (χ1v) is 8.39. The van der Waals surface area contributed by atoms with E-state index in [-0.39, 0.29) is 6.03 Å². The molecule has 0 unspecified atom stereocenters. The number of hydrogen-bond donors (Lipinski definition) is 2. The molecule has 0 spiro atoms. The molecule has 2 N–H and O–H groups in total. The van der Waals surface area contributed by atoms with Gasteiger partial charge >= 0.3 is 6.03 Å². The second-order valence-electron chi connectivity index (χ2n) is 5.88. The van der Waals surface area contributed by atoms with Gasteiger partial charge in [0.25, 0.3) is 0 Å². The summed E-state index contributed by atoms with van der Waals surface area (Å²) in [6.07, 6.45) is 0. The SMILES string of the molecule is COc1cccc(-c2nc3ccc(NC(=O)Nc4ccccc4)cc3o2)c1. The highest BCUT2D eigenvalue weighted by Crippen LogP contribution is 2.28. The fraction of sp³-hybridized carbons (Fsp3) is 0.0476. The number of para-hydroxylation sites is 1. The smallest absolute Gasteiger partial charge is 0.323 e. The molecule has 2 amide bonds. The Morgan fingerprint density at radius 3 is 2.56 bits per heavy atom. The van der Waals surface area contributed by atoms with E-state index in [1.807, 2.05) is 54.6 Å². The van der Waals surface area contributed by atoms with E-state index in [2.05, 4.69) is 15.6 Å². The van der Waals surface area contributed by atoms with Gasteiger partial charge in [-0.2, -0.15) is 0 Å². The molecule has 0 bridgehead atoms. The van der Waals surface area contributed by atoms with Gasteiger partial charge in [0.1, 0.15) is 11.3 Å². The third-order valence-corrected chi connectivity index (χ3v) is 3.99. The second-order valence-corrected chi connectivity index (χ2v) is 5.88. The average Bonchev–Trinajstić information content (AvgIpc) is 3.12. The molecule has 0 fully saturated rings. The van der Waals surface area contributed by atoms with Crippen molar-refractivity contribution in [2.75, 3.05) is 17.7 Å². The Morgan fingerprint density at radius 1 is 0.926 bits per heavy atom. The Morgan fingerprint density at radius 2 is 1.74 bits per heavy atom. The first-order valence-electron chi connectivity index (χ1n) is 8.39. The minimum atomic E-state index is -0.326. The number of nitrogens with zero attached hydrogens (tertiary/aromatic N) is 1. The summed E-state index contributed by atoms with van der Waals surface area (Å²) in [5, 5.41) is 5.56. The Kier molecular flexibility index (Phi) is 4.45. The lowest BCUT2D eigenvalue weighted by atomic mass is 10.2. The van der Waals surface area contributed by atoms with Crippen LogP contribution in [0.3, 0.4) is 0 Å². The van der Waals surface area contributed by atoms with Crippen LogP contribution in [0.15, 0.2) is 77.2 Å². The van der Waals surface area contributed by atoms with E-state index in [0.29, 0.717) is 22.7 Å². The lowest BCUT2D eigenvalue weighted by Gasteiger charge is -2.07. The molecule has 1 heterocycles. The Labute approximate surface area is 155 Å². The molecule has 0 saturated carbocycles. The molecule has 0 radical (unpaired) electrons. The van der Waals surface area contributed by atoms with Crippen LogP contribution >= 0.6 is 0 Å². The maximum Gasteiger partial charge on any atom is 0.323 e. The van der Waals surface area contributed by atoms with Crippen molar-refractivity contribution >= 4 is 28.5 Å². The molecule has 6 heteroatoms. The molecular formula is C21H17N3O3. The first kappa shape index (κ1) is 16.7. The normalized spacial score (nSPS) is 10.6. The summed E-state index contributed by atoms with van der Waals surface area (Å²) in [6.45, 7) is 0. The monoisotopic (exact) mass is 359 g/mol. The minimum absolute atomic E-state index is 0.326. The molecule has 4 aromatic rings. The summed E-state index contributed by atoms with van der Waals surface area (Å²) < 4.78 is 11.1. The van der Waals surface area contributed by atoms with Crippen LogP contribution in [-0.2, 0) is 0 Å². The number of carbonyl (C=O) groups excluding carboxylic acids is 1. The molecule has 3 aromatic carbocycles. The van der Waals surface area contributed by atoms with Crippen molar-refractivity contribution in [1.82, 2.24) is 4.98 Å². The van der Waals surface area contributed by atoms with Crippen LogP contribution in [0.1, 0.15) is 0 Å². The Hall–Kier alpha value is -3.80. The average molecular weight is 359 g/mol. The van der Waals surface area contributed by atoms with E-state index in [4.69, 9.17) is 9.15 Å². The number of oxazole rings is 1. The predicted molar refractivity (Wildman–Crippen MR) is 105 cm³/mol. The van der Waals surface area contributed by atoms with Crippen LogP contribution in [-0.4, -0.2) is 18.1 Å². The maximum absolute atomic E-state index is 12.1. The molecule has 134 valence electrons. The fourth-order valence-corrected chi connectivity index (χ4v) is 2.70. The third kappa shape index (κ3) is 3.74. The topological polar surface area (TPSA) is 76.4 Å². The molecular weight excluding hydrogens is 342 g/mol. The van der Waals surface area contributed by atoms with Crippen molar-refractivity contribution in [3.05, 3.63) is 72.8 Å². The van der Waals surface area contributed by atoms with Crippen molar-refractivity contribution in [2.45, 2.75) is 0 Å². The number of amides is 2. The molecule has 0 aliphatic carbocycles. The number of nitrogens with one attached hydrogen (secondary N) is 2. The molecule has 0 aliphatic heterocycles. The van der Waals surface area contributed by atoms with Crippen LogP contribution in [0.4, 0.5) is 16.2 Å². The Bertz CT molecular complexity index is 1090. The number of methoxy groups -OCH3 is 1. The number of fused-ring (bicyclic) bond motifs is 1. The summed E-state index contributed by atoms with van der Waals surface area (Å²) in [5.74, 6) is 1.23. The van der Waals surface area contributed by atoms with Crippen molar-refractivity contribution in [3.8, 4) is 17.2 Å². The van der Waals surface area contributed by atoms with Gasteiger partial charge in [-0.15, -0.1) is 0 Å². The highest BCUT2D eigenvalue weighted by atomic mass is 16.5. The van der Waals surface area contributed by atoms with Gasteiger partial charge in [-0.3, -0.25) is 0 Å². The number of aromatic nitrogens is 1. The lowest BCUT2D eigenvalue weighted by Crippen LogP contribution is -2.19. The molecule has 0 atom stereocenters. The van der Waals surface area contributed by atoms with Gasteiger partial charge in [-0.25, -0.2) is 9.78 Å². The van der Waals surface area contributed by atoms with Crippen LogP contribution < -0.4 is 15.4 Å². The summed E-state index contributed by atoms with van der Waals surface area (Å²) >= 11 is 0. The molecule has 6 nitrogen and oxygen atoms in total. The van der Waals surface area contributed by atoms with Gasteiger partial charge < -0.3 is 19.8 Å². The number of benzene rings is 3. The van der Waals surface area contributed by atoms with Crippen LogP contribution in [0.5, 0.6) is 5.75 Å². The zero-order valence-corrected chi connectivity index (χ0v) is 14.6. The predicted octanol–water partition coefficient (Wildman–Crippen LogP) is 5.15.